The summed E-state index contributed by atoms with van der Waals surface area (Å²) in [6, 6.07) is -5.22. The molecule has 0 saturated carbocycles. The lowest BCUT2D eigenvalue weighted by atomic mass is 10.0. The monoisotopic (exact) mass is 498 g/mol. The minimum atomic E-state index is -1.38. The van der Waals surface area contributed by atoms with Crippen LogP contribution in [0.25, 0.3) is 0 Å². The van der Waals surface area contributed by atoms with Crippen LogP contribution in [-0.2, 0) is 30.4 Å². The van der Waals surface area contributed by atoms with Crippen molar-refractivity contribution in [1.29, 1.82) is 0 Å². The van der Waals surface area contributed by atoms with E-state index in [0.717, 1.165) is 0 Å². The van der Waals surface area contributed by atoms with E-state index in [4.69, 9.17) is 10.8 Å². The number of aliphatic hydroxyl groups excluding tert-OH is 1. The topological polar surface area (TPSA) is 237 Å². The summed E-state index contributed by atoms with van der Waals surface area (Å²) < 4.78 is 0. The Kier molecular flexibility index (Phi) is 11.8. The van der Waals surface area contributed by atoms with Crippen LogP contribution in [0.15, 0.2) is 12.5 Å². The molecule has 0 bridgehead atoms. The van der Waals surface area contributed by atoms with E-state index in [1.165, 1.54) is 19.4 Å². The molecular weight excluding hydrogens is 464 g/mol. The summed E-state index contributed by atoms with van der Waals surface area (Å²) >= 11 is 0. The largest absolute Gasteiger partial charge is 0.481 e. The van der Waals surface area contributed by atoms with Gasteiger partial charge in [0.2, 0.25) is 17.7 Å². The minimum Gasteiger partial charge on any atom is -0.481 e. The second-order valence-electron chi connectivity index (χ2n) is 8.63. The Hall–Kier alpha value is -3.52. The first kappa shape index (κ1) is 29.5. The third-order valence-corrected chi connectivity index (χ3v) is 5.04. The first-order valence-corrected chi connectivity index (χ1v) is 11.1. The molecule has 9 N–H and O–H groups in total. The number of rotatable bonds is 15. The van der Waals surface area contributed by atoms with Gasteiger partial charge in [-0.15, -0.1) is 0 Å². The Bertz CT molecular complexity index is 873. The number of carboxylic acids is 2. The van der Waals surface area contributed by atoms with Crippen LogP contribution in [0.4, 0.5) is 0 Å². The minimum absolute atomic E-state index is 0.0363. The SMILES string of the molecule is CC(C)CC(NC(=O)C(Cc1cnc[nH]1)NC(=O)C(CCC(=O)O)NC(=O)C(N)C(C)O)C(=O)O. The van der Waals surface area contributed by atoms with Gasteiger partial charge in [-0.1, -0.05) is 13.8 Å². The van der Waals surface area contributed by atoms with Gasteiger partial charge in [-0.05, 0) is 25.7 Å². The average Bonchev–Trinajstić information content (AvgIpc) is 3.27. The van der Waals surface area contributed by atoms with Gasteiger partial charge in [-0.25, -0.2) is 9.78 Å². The van der Waals surface area contributed by atoms with E-state index >= 15 is 0 Å². The molecule has 0 saturated heterocycles. The molecule has 0 aliphatic carbocycles. The van der Waals surface area contributed by atoms with Crippen molar-refractivity contribution in [2.24, 2.45) is 11.7 Å². The van der Waals surface area contributed by atoms with Crippen LogP contribution in [0.5, 0.6) is 0 Å². The molecule has 14 nitrogen and oxygen atoms in total. The number of imidazole rings is 1. The zero-order chi connectivity index (χ0) is 26.7. The van der Waals surface area contributed by atoms with Crippen molar-refractivity contribution in [3.63, 3.8) is 0 Å². The summed E-state index contributed by atoms with van der Waals surface area (Å²) in [5.74, 6) is -5.05. The molecule has 196 valence electrons. The predicted octanol–water partition coefficient (Wildman–Crippen LogP) is -1.89. The number of hydrogen-bond acceptors (Lipinski definition) is 8. The van der Waals surface area contributed by atoms with Crippen molar-refractivity contribution >= 4 is 29.7 Å². The maximum absolute atomic E-state index is 13.0. The van der Waals surface area contributed by atoms with E-state index in [1.54, 1.807) is 13.8 Å². The highest BCUT2D eigenvalue weighted by Crippen LogP contribution is 2.08. The van der Waals surface area contributed by atoms with E-state index < -0.39 is 66.4 Å². The number of aromatic nitrogens is 2. The number of carboxylic acid groups (broad SMARTS) is 2. The molecule has 3 amide bonds. The van der Waals surface area contributed by atoms with Crippen LogP contribution in [0, 0.1) is 5.92 Å². The Morgan fingerprint density at radius 2 is 1.54 bits per heavy atom. The molecule has 1 aromatic heterocycles. The Morgan fingerprint density at radius 1 is 0.971 bits per heavy atom. The summed E-state index contributed by atoms with van der Waals surface area (Å²) in [6.45, 7) is 4.86. The van der Waals surface area contributed by atoms with Gasteiger partial charge in [0.05, 0.1) is 12.4 Å². The van der Waals surface area contributed by atoms with Gasteiger partial charge in [0.25, 0.3) is 0 Å². The van der Waals surface area contributed by atoms with Crippen molar-refractivity contribution in [1.82, 2.24) is 25.9 Å². The van der Waals surface area contributed by atoms with Crippen LogP contribution < -0.4 is 21.7 Å². The first-order valence-electron chi connectivity index (χ1n) is 11.1. The molecular formula is C21H34N6O8. The molecule has 14 heteroatoms. The van der Waals surface area contributed by atoms with Crippen LogP contribution >= 0.6 is 0 Å². The van der Waals surface area contributed by atoms with Gasteiger partial charge in [0, 0.05) is 24.7 Å². The number of nitrogens with zero attached hydrogens (tertiary/aromatic N) is 1. The normalized spacial score (nSPS) is 15.4. The van der Waals surface area contributed by atoms with Gasteiger partial charge in [0.15, 0.2) is 0 Å². The molecule has 0 aliphatic rings. The molecule has 5 atom stereocenters. The van der Waals surface area contributed by atoms with Crippen molar-refractivity contribution < 1.29 is 39.3 Å². The number of aromatic amines is 1. The van der Waals surface area contributed by atoms with E-state index in [1.807, 2.05) is 0 Å². The number of nitrogens with one attached hydrogen (secondary N) is 4. The molecule has 1 aromatic rings. The van der Waals surface area contributed by atoms with Gasteiger partial charge < -0.3 is 42.0 Å². The molecule has 0 aromatic carbocycles. The van der Waals surface area contributed by atoms with Gasteiger partial charge in [-0.2, -0.15) is 0 Å². The highest BCUT2D eigenvalue weighted by molar-refractivity contribution is 5.94. The number of H-pyrrole nitrogens is 1. The zero-order valence-electron chi connectivity index (χ0n) is 19.9. The number of aliphatic carboxylic acids is 2. The van der Waals surface area contributed by atoms with E-state index in [2.05, 4.69) is 25.9 Å². The lowest BCUT2D eigenvalue weighted by Gasteiger charge is -2.25. The molecule has 0 fully saturated rings. The fourth-order valence-corrected chi connectivity index (χ4v) is 3.09. The van der Waals surface area contributed by atoms with Gasteiger partial charge in [-0.3, -0.25) is 19.2 Å². The Morgan fingerprint density at radius 3 is 2.03 bits per heavy atom. The third-order valence-electron chi connectivity index (χ3n) is 5.04. The van der Waals surface area contributed by atoms with Gasteiger partial charge >= 0.3 is 11.9 Å². The van der Waals surface area contributed by atoms with Crippen molar-refractivity contribution in [3.8, 4) is 0 Å². The van der Waals surface area contributed by atoms with Gasteiger partial charge in [0.1, 0.15) is 24.2 Å². The quantitative estimate of drug-likeness (QED) is 0.134. The van der Waals surface area contributed by atoms with Crippen LogP contribution in [0.3, 0.4) is 0 Å². The fourth-order valence-electron chi connectivity index (χ4n) is 3.09. The number of aliphatic hydroxyl groups is 1. The number of hydrogen-bond donors (Lipinski definition) is 8. The smallest absolute Gasteiger partial charge is 0.326 e. The second-order valence-corrected chi connectivity index (χ2v) is 8.63. The van der Waals surface area contributed by atoms with E-state index in [9.17, 15) is 34.2 Å². The predicted molar refractivity (Wildman–Crippen MR) is 122 cm³/mol. The summed E-state index contributed by atoms with van der Waals surface area (Å²) in [5.41, 5.74) is 6.05. The highest BCUT2D eigenvalue weighted by atomic mass is 16.4. The third kappa shape index (κ3) is 10.5. The molecule has 0 spiro atoms. The van der Waals surface area contributed by atoms with Crippen molar-refractivity contribution in [2.45, 2.75) is 76.7 Å². The lowest BCUT2D eigenvalue weighted by molar-refractivity contribution is -0.142. The fraction of sp³-hybridized carbons (Fsp3) is 0.619. The summed E-state index contributed by atoms with van der Waals surface area (Å²) in [4.78, 5) is 67.4. The zero-order valence-corrected chi connectivity index (χ0v) is 19.9. The van der Waals surface area contributed by atoms with Crippen LogP contribution in [-0.4, -0.2) is 85.2 Å². The second kappa shape index (κ2) is 14.0. The maximum atomic E-state index is 13.0. The van der Waals surface area contributed by atoms with E-state index in [-0.39, 0.29) is 25.2 Å². The number of carbonyl (C=O) groups excluding carboxylic acids is 3. The highest BCUT2D eigenvalue weighted by Gasteiger charge is 2.31. The number of amides is 3. The summed E-state index contributed by atoms with van der Waals surface area (Å²) in [5, 5.41) is 35.1. The van der Waals surface area contributed by atoms with Crippen LogP contribution in [0.1, 0.15) is 45.7 Å². The van der Waals surface area contributed by atoms with E-state index in [0.29, 0.717) is 5.69 Å². The maximum Gasteiger partial charge on any atom is 0.326 e. The van der Waals surface area contributed by atoms with Crippen LogP contribution in [0.2, 0.25) is 0 Å². The molecule has 0 aliphatic heterocycles. The average molecular weight is 499 g/mol. The molecule has 35 heavy (non-hydrogen) atoms. The number of nitrogens with two attached hydrogens (primary N) is 1. The molecule has 1 rings (SSSR count). The Balaban J connectivity index is 3.10. The van der Waals surface area contributed by atoms with Crippen molar-refractivity contribution in [3.05, 3.63) is 18.2 Å². The lowest BCUT2D eigenvalue weighted by Crippen LogP contribution is -2.58. The number of carbonyl (C=O) groups is 5. The Labute approximate surface area is 202 Å². The van der Waals surface area contributed by atoms with Crippen molar-refractivity contribution in [2.75, 3.05) is 0 Å². The molecule has 1 heterocycles. The standard InChI is InChI=1S/C21H34N6O8/c1-10(2)6-15(21(34)35)27-19(32)14(7-12-8-23-9-24-12)26-18(31)13(4-5-16(29)30)25-20(33)17(22)11(3)28/h8-11,13-15,17,28H,4-7,22H2,1-3H3,(H,23,24)(H,25,33)(H,26,31)(H,27,32)(H,29,30)(H,34,35). The first-order chi connectivity index (χ1) is 16.3. The summed E-state index contributed by atoms with van der Waals surface area (Å²) in [7, 11) is 0. The molecule has 0 radical (unpaired) electrons. The summed E-state index contributed by atoms with van der Waals surface area (Å²) in [6.07, 6.45) is 0.821. The molecule has 5 unspecified atom stereocenters.